The number of fused-ring (bicyclic) bond motifs is 2. The number of amides is 1. The highest BCUT2D eigenvalue weighted by molar-refractivity contribution is 6.31. The molecule has 2 aliphatic rings. The first kappa shape index (κ1) is 13.6. The smallest absolute Gasteiger partial charge is 0.232 e. The summed E-state index contributed by atoms with van der Waals surface area (Å²) >= 11 is 5.90. The van der Waals surface area contributed by atoms with Crippen LogP contribution in [0, 0.1) is 11.7 Å². The Morgan fingerprint density at radius 2 is 2.30 bits per heavy atom. The van der Waals surface area contributed by atoms with E-state index in [1.165, 1.54) is 6.07 Å². The minimum absolute atomic E-state index is 0.0160. The fourth-order valence-corrected chi connectivity index (χ4v) is 3.06. The Morgan fingerprint density at radius 1 is 1.50 bits per heavy atom. The molecule has 3 rings (SSSR count). The zero-order valence-electron chi connectivity index (χ0n) is 11.2. The first-order chi connectivity index (χ1) is 9.61. The normalized spacial score (nSPS) is 24.9. The second kappa shape index (κ2) is 5.22. The zero-order chi connectivity index (χ0) is 14.3. The number of nitrogens with one attached hydrogen (secondary N) is 1. The third-order valence-corrected chi connectivity index (χ3v) is 4.15. The maximum Gasteiger partial charge on any atom is 0.232 e. The molecule has 6 heteroatoms. The van der Waals surface area contributed by atoms with Gasteiger partial charge in [0.05, 0.1) is 41.6 Å². The second-order valence-electron chi connectivity index (χ2n) is 5.18. The lowest BCUT2D eigenvalue weighted by Crippen LogP contribution is -2.43. The molecule has 1 N–H and O–H groups in total. The van der Waals surface area contributed by atoms with Crippen LogP contribution in [0.4, 0.5) is 15.8 Å². The van der Waals surface area contributed by atoms with Crippen molar-refractivity contribution in [1.29, 1.82) is 0 Å². The molecule has 1 fully saturated rings. The highest BCUT2D eigenvalue weighted by Crippen LogP contribution is 2.38. The molecule has 2 heterocycles. The first-order valence-electron chi connectivity index (χ1n) is 6.76. The lowest BCUT2D eigenvalue weighted by Gasteiger charge is -2.31. The van der Waals surface area contributed by atoms with Gasteiger partial charge in [-0.2, -0.15) is 0 Å². The van der Waals surface area contributed by atoms with Gasteiger partial charge in [0.15, 0.2) is 0 Å². The lowest BCUT2D eigenvalue weighted by atomic mass is 10.0. The summed E-state index contributed by atoms with van der Waals surface area (Å²) in [7, 11) is 0. The highest BCUT2D eigenvalue weighted by Gasteiger charge is 2.41. The van der Waals surface area contributed by atoms with E-state index >= 15 is 0 Å². The largest absolute Gasteiger partial charge is 0.378 e. The molecule has 0 aromatic heterocycles. The van der Waals surface area contributed by atoms with E-state index in [-0.39, 0.29) is 22.9 Å². The SMILES string of the molecule is CCCN1c2cc(Cl)c(F)cc2NC(=O)C2COCC21. The van der Waals surface area contributed by atoms with Crippen LogP contribution in [-0.4, -0.2) is 31.7 Å². The van der Waals surface area contributed by atoms with Gasteiger partial charge in [0.25, 0.3) is 0 Å². The van der Waals surface area contributed by atoms with Crippen LogP contribution in [0.2, 0.25) is 5.02 Å². The molecule has 108 valence electrons. The molecule has 1 amide bonds. The molecular weight excluding hydrogens is 283 g/mol. The Hall–Kier alpha value is -1.33. The third kappa shape index (κ3) is 2.15. The molecule has 0 spiro atoms. The summed E-state index contributed by atoms with van der Waals surface area (Å²) in [6.07, 6.45) is 0.922. The van der Waals surface area contributed by atoms with Crippen molar-refractivity contribution in [2.24, 2.45) is 5.92 Å². The van der Waals surface area contributed by atoms with E-state index in [0.29, 0.717) is 18.9 Å². The van der Waals surface area contributed by atoms with Gasteiger partial charge >= 0.3 is 0 Å². The first-order valence-corrected chi connectivity index (χ1v) is 7.14. The summed E-state index contributed by atoms with van der Waals surface area (Å²) in [6, 6.07) is 2.86. The summed E-state index contributed by atoms with van der Waals surface area (Å²) < 4.78 is 19.1. The van der Waals surface area contributed by atoms with Gasteiger partial charge in [-0.15, -0.1) is 0 Å². The summed E-state index contributed by atoms with van der Waals surface area (Å²) in [5, 5.41) is 2.86. The topological polar surface area (TPSA) is 41.6 Å². The Bertz CT molecular complexity index is 552. The predicted octanol–water partition coefficient (Wildman–Crippen LogP) is 2.66. The summed E-state index contributed by atoms with van der Waals surface area (Å²) in [4.78, 5) is 14.3. The van der Waals surface area contributed by atoms with E-state index in [1.54, 1.807) is 6.07 Å². The number of ether oxygens (including phenoxy) is 1. The van der Waals surface area contributed by atoms with E-state index in [1.807, 2.05) is 0 Å². The van der Waals surface area contributed by atoms with Crippen LogP contribution in [0.3, 0.4) is 0 Å². The molecular formula is C14H16ClFN2O2. The van der Waals surface area contributed by atoms with E-state index in [2.05, 4.69) is 17.1 Å². The van der Waals surface area contributed by atoms with Crippen molar-refractivity contribution in [3.05, 3.63) is 23.0 Å². The second-order valence-corrected chi connectivity index (χ2v) is 5.58. The molecule has 4 nitrogen and oxygen atoms in total. The lowest BCUT2D eigenvalue weighted by molar-refractivity contribution is -0.120. The number of hydrogen-bond acceptors (Lipinski definition) is 3. The molecule has 0 bridgehead atoms. The van der Waals surface area contributed by atoms with E-state index < -0.39 is 5.82 Å². The Kier molecular flexibility index (Phi) is 3.56. The fourth-order valence-electron chi connectivity index (χ4n) is 2.91. The van der Waals surface area contributed by atoms with Crippen LogP contribution < -0.4 is 10.2 Å². The molecule has 1 saturated heterocycles. The number of rotatable bonds is 2. The van der Waals surface area contributed by atoms with Crippen molar-refractivity contribution in [2.75, 3.05) is 30.0 Å². The van der Waals surface area contributed by atoms with Crippen LogP contribution in [0.1, 0.15) is 13.3 Å². The number of halogens is 2. The number of carbonyl (C=O) groups is 1. The van der Waals surface area contributed by atoms with Crippen LogP contribution >= 0.6 is 11.6 Å². The van der Waals surface area contributed by atoms with Crippen LogP contribution in [0.25, 0.3) is 0 Å². The molecule has 20 heavy (non-hydrogen) atoms. The van der Waals surface area contributed by atoms with Gasteiger partial charge in [0, 0.05) is 12.6 Å². The van der Waals surface area contributed by atoms with E-state index in [0.717, 1.165) is 18.7 Å². The van der Waals surface area contributed by atoms with Gasteiger partial charge < -0.3 is 15.0 Å². The van der Waals surface area contributed by atoms with Crippen LogP contribution in [-0.2, 0) is 9.53 Å². The molecule has 1 aromatic carbocycles. The Morgan fingerprint density at radius 3 is 3.05 bits per heavy atom. The average molecular weight is 299 g/mol. The standard InChI is InChI=1S/C14H16ClFN2O2/c1-2-3-18-12-4-9(15)10(16)5-11(12)17-14(19)8-6-20-7-13(8)18/h4-5,8,13H,2-3,6-7H2,1H3,(H,17,19). The number of benzene rings is 1. The Balaban J connectivity index is 2.11. The van der Waals surface area contributed by atoms with Gasteiger partial charge in [-0.25, -0.2) is 4.39 Å². The van der Waals surface area contributed by atoms with Crippen molar-refractivity contribution < 1.29 is 13.9 Å². The monoisotopic (exact) mass is 298 g/mol. The van der Waals surface area contributed by atoms with Gasteiger partial charge in [0.1, 0.15) is 5.82 Å². The molecule has 0 radical (unpaired) electrons. The minimum atomic E-state index is -0.523. The Labute approximate surface area is 121 Å². The minimum Gasteiger partial charge on any atom is -0.378 e. The quantitative estimate of drug-likeness (QED) is 0.913. The van der Waals surface area contributed by atoms with E-state index in [9.17, 15) is 9.18 Å². The van der Waals surface area contributed by atoms with Gasteiger partial charge in [0.2, 0.25) is 5.91 Å². The average Bonchev–Trinajstić information content (AvgIpc) is 2.86. The van der Waals surface area contributed by atoms with Gasteiger partial charge in [-0.3, -0.25) is 4.79 Å². The van der Waals surface area contributed by atoms with Crippen molar-refractivity contribution >= 4 is 28.9 Å². The van der Waals surface area contributed by atoms with Gasteiger partial charge in [-0.1, -0.05) is 18.5 Å². The van der Waals surface area contributed by atoms with Gasteiger partial charge in [-0.05, 0) is 12.5 Å². The molecule has 2 unspecified atom stereocenters. The fraction of sp³-hybridized carbons (Fsp3) is 0.500. The third-order valence-electron chi connectivity index (χ3n) is 3.86. The number of carbonyl (C=O) groups excluding carboxylic acids is 1. The van der Waals surface area contributed by atoms with E-state index in [4.69, 9.17) is 16.3 Å². The van der Waals surface area contributed by atoms with Crippen LogP contribution in [0.5, 0.6) is 0 Å². The van der Waals surface area contributed by atoms with Crippen molar-refractivity contribution in [3.63, 3.8) is 0 Å². The number of nitrogens with zero attached hydrogens (tertiary/aromatic N) is 1. The van der Waals surface area contributed by atoms with Crippen molar-refractivity contribution in [3.8, 4) is 0 Å². The maximum absolute atomic E-state index is 13.6. The summed E-state index contributed by atoms with van der Waals surface area (Å²) in [6.45, 7) is 3.75. The molecule has 1 aromatic rings. The van der Waals surface area contributed by atoms with Crippen molar-refractivity contribution in [1.82, 2.24) is 0 Å². The zero-order valence-corrected chi connectivity index (χ0v) is 11.9. The van der Waals surface area contributed by atoms with Crippen LogP contribution in [0.15, 0.2) is 12.1 Å². The molecule has 0 saturated carbocycles. The molecule has 2 atom stereocenters. The predicted molar refractivity (Wildman–Crippen MR) is 75.8 cm³/mol. The number of anilines is 2. The maximum atomic E-state index is 13.6. The van der Waals surface area contributed by atoms with Crippen molar-refractivity contribution in [2.45, 2.75) is 19.4 Å². The highest BCUT2D eigenvalue weighted by atomic mass is 35.5. The molecule has 0 aliphatic carbocycles. The summed E-state index contributed by atoms with van der Waals surface area (Å²) in [5.74, 6) is -0.865. The summed E-state index contributed by atoms with van der Waals surface area (Å²) in [5.41, 5.74) is 1.25. The molecule has 2 aliphatic heterocycles. The number of hydrogen-bond donors (Lipinski definition) is 1.